The van der Waals surface area contributed by atoms with E-state index >= 15 is 0 Å². The second-order valence-electron chi connectivity index (χ2n) is 2.04. The topological polar surface area (TPSA) is 42.9 Å². The largest absolute Gasteiger partial charge is 0.434 e. The minimum Gasteiger partial charge on any atom is -0.298 e. The molecule has 70 valence electrons. The zero-order valence-electron chi connectivity index (χ0n) is 5.97. The molecule has 0 saturated carbocycles. The summed E-state index contributed by atoms with van der Waals surface area (Å²) in [6.07, 6.45) is -4.06. The molecule has 1 heterocycles. The number of rotatable bonds is 1. The van der Waals surface area contributed by atoms with Gasteiger partial charge in [0.05, 0.1) is 5.56 Å². The Hall–Kier alpha value is -1.17. The van der Waals surface area contributed by atoms with Crippen molar-refractivity contribution in [2.45, 2.75) is 6.18 Å². The van der Waals surface area contributed by atoms with E-state index in [1.54, 1.807) is 0 Å². The summed E-state index contributed by atoms with van der Waals surface area (Å²) < 4.78 is 36.3. The maximum absolute atomic E-state index is 12.1. The number of halogens is 4. The summed E-state index contributed by atoms with van der Waals surface area (Å²) in [4.78, 5) is 16.4. The van der Waals surface area contributed by atoms with Crippen LogP contribution < -0.4 is 0 Å². The molecule has 0 aliphatic heterocycles. The lowest BCUT2D eigenvalue weighted by Gasteiger charge is -2.07. The van der Waals surface area contributed by atoms with Gasteiger partial charge < -0.3 is 0 Å². The molecule has 1 rings (SSSR count). The van der Waals surface area contributed by atoms with Crippen LogP contribution in [0.2, 0.25) is 5.15 Å². The first-order valence-electron chi connectivity index (χ1n) is 2.99. The van der Waals surface area contributed by atoms with Gasteiger partial charge in [0.2, 0.25) is 0 Å². The number of carbonyl (C=O) groups is 1. The minimum absolute atomic E-state index is 0.0227. The highest BCUT2D eigenvalue weighted by Gasteiger charge is 2.36. The summed E-state index contributed by atoms with van der Waals surface area (Å²) in [5.41, 5.74) is -2.06. The van der Waals surface area contributed by atoms with Crippen LogP contribution in [0.4, 0.5) is 13.2 Å². The van der Waals surface area contributed by atoms with Gasteiger partial charge in [-0.3, -0.25) is 4.79 Å². The second kappa shape index (κ2) is 3.29. The predicted octanol–water partition coefficient (Wildman–Crippen LogP) is 1.96. The van der Waals surface area contributed by atoms with Crippen LogP contribution in [0.1, 0.15) is 16.1 Å². The van der Waals surface area contributed by atoms with E-state index < -0.39 is 22.6 Å². The van der Waals surface area contributed by atoms with Crippen molar-refractivity contribution >= 4 is 17.9 Å². The molecule has 0 atom stereocenters. The molecular weight excluding hydrogens is 209 g/mol. The molecule has 1 aromatic heterocycles. The maximum atomic E-state index is 12.1. The van der Waals surface area contributed by atoms with E-state index in [1.807, 2.05) is 0 Å². The lowest BCUT2D eigenvalue weighted by atomic mass is 10.2. The third-order valence-electron chi connectivity index (χ3n) is 1.22. The fourth-order valence-electron chi connectivity index (χ4n) is 0.704. The molecule has 13 heavy (non-hydrogen) atoms. The fourth-order valence-corrected chi connectivity index (χ4v) is 0.882. The molecule has 0 aliphatic rings. The van der Waals surface area contributed by atoms with Crippen LogP contribution in [0.15, 0.2) is 6.33 Å². The first-order chi connectivity index (χ1) is 5.96. The quantitative estimate of drug-likeness (QED) is 0.526. The highest BCUT2D eigenvalue weighted by atomic mass is 35.5. The van der Waals surface area contributed by atoms with E-state index in [1.165, 1.54) is 0 Å². The van der Waals surface area contributed by atoms with Gasteiger partial charge in [-0.05, 0) is 0 Å². The summed E-state index contributed by atoms with van der Waals surface area (Å²) in [5.74, 6) is 0. The van der Waals surface area contributed by atoms with Crippen molar-refractivity contribution in [3.8, 4) is 0 Å². The molecule has 0 fully saturated rings. The average Bonchev–Trinajstić information content (AvgIpc) is 2.02. The van der Waals surface area contributed by atoms with Crippen LogP contribution >= 0.6 is 11.6 Å². The van der Waals surface area contributed by atoms with E-state index in [0.717, 1.165) is 0 Å². The van der Waals surface area contributed by atoms with Crippen LogP contribution in [0.5, 0.6) is 0 Å². The number of nitrogens with zero attached hydrogens (tertiary/aromatic N) is 2. The van der Waals surface area contributed by atoms with Crippen LogP contribution in [-0.4, -0.2) is 16.3 Å². The number of hydrogen-bond donors (Lipinski definition) is 0. The molecule has 0 unspecified atom stereocenters. The van der Waals surface area contributed by atoms with Crippen LogP contribution in [0.3, 0.4) is 0 Å². The van der Waals surface area contributed by atoms with Gasteiger partial charge in [-0.2, -0.15) is 13.2 Å². The van der Waals surface area contributed by atoms with Crippen molar-refractivity contribution in [3.63, 3.8) is 0 Å². The van der Waals surface area contributed by atoms with Crippen molar-refractivity contribution in [2.75, 3.05) is 0 Å². The van der Waals surface area contributed by atoms with E-state index in [-0.39, 0.29) is 6.29 Å². The van der Waals surface area contributed by atoms with E-state index in [0.29, 0.717) is 6.33 Å². The SMILES string of the molecule is O=Cc1c(Cl)ncnc1C(F)(F)F. The Balaban J connectivity index is 3.37. The Morgan fingerprint density at radius 1 is 1.38 bits per heavy atom. The normalized spacial score (nSPS) is 11.4. The first kappa shape index (κ1) is 9.91. The minimum atomic E-state index is -4.69. The summed E-state index contributed by atoms with van der Waals surface area (Å²) in [5, 5.41) is -0.502. The van der Waals surface area contributed by atoms with Crippen molar-refractivity contribution in [2.24, 2.45) is 0 Å². The summed E-state index contributed by atoms with van der Waals surface area (Å²) in [6.45, 7) is 0. The molecular formula is C6H2ClF3N2O. The third-order valence-corrected chi connectivity index (χ3v) is 1.52. The van der Waals surface area contributed by atoms with Crippen LogP contribution in [-0.2, 0) is 6.18 Å². The van der Waals surface area contributed by atoms with Crippen LogP contribution in [0.25, 0.3) is 0 Å². The molecule has 0 N–H and O–H groups in total. The lowest BCUT2D eigenvalue weighted by molar-refractivity contribution is -0.141. The molecule has 0 spiro atoms. The Kier molecular flexibility index (Phi) is 2.51. The van der Waals surface area contributed by atoms with Gasteiger partial charge >= 0.3 is 6.18 Å². The van der Waals surface area contributed by atoms with Crippen molar-refractivity contribution in [1.82, 2.24) is 9.97 Å². The second-order valence-corrected chi connectivity index (χ2v) is 2.40. The number of hydrogen-bond acceptors (Lipinski definition) is 3. The van der Waals surface area contributed by atoms with Gasteiger partial charge in [-0.25, -0.2) is 9.97 Å². The van der Waals surface area contributed by atoms with Gasteiger partial charge in [0, 0.05) is 0 Å². The van der Waals surface area contributed by atoms with Crippen molar-refractivity contribution in [3.05, 3.63) is 22.7 Å². The monoisotopic (exact) mass is 210 g/mol. The van der Waals surface area contributed by atoms with E-state index in [4.69, 9.17) is 11.6 Å². The highest BCUT2D eigenvalue weighted by Crippen LogP contribution is 2.31. The summed E-state index contributed by atoms with van der Waals surface area (Å²) in [7, 11) is 0. The number of carbonyl (C=O) groups excluding carboxylic acids is 1. The van der Waals surface area contributed by atoms with Crippen LogP contribution in [0, 0.1) is 0 Å². The van der Waals surface area contributed by atoms with E-state index in [9.17, 15) is 18.0 Å². The zero-order valence-corrected chi connectivity index (χ0v) is 6.73. The molecule has 0 saturated heterocycles. The number of alkyl halides is 3. The first-order valence-corrected chi connectivity index (χ1v) is 3.37. The highest BCUT2D eigenvalue weighted by molar-refractivity contribution is 6.31. The molecule has 0 aromatic carbocycles. The Morgan fingerprint density at radius 3 is 2.38 bits per heavy atom. The molecule has 0 bridgehead atoms. The molecule has 0 amide bonds. The van der Waals surface area contributed by atoms with Crippen molar-refractivity contribution < 1.29 is 18.0 Å². The third kappa shape index (κ3) is 1.95. The molecule has 0 aliphatic carbocycles. The average molecular weight is 211 g/mol. The fraction of sp³-hybridized carbons (Fsp3) is 0.167. The maximum Gasteiger partial charge on any atom is 0.434 e. The standard InChI is InChI=1S/C6H2ClF3N2O/c7-5-3(1-13)4(6(8,9)10)11-2-12-5/h1-2H. The van der Waals surface area contributed by atoms with Gasteiger partial charge in [0.25, 0.3) is 0 Å². The molecule has 0 radical (unpaired) electrons. The number of aromatic nitrogens is 2. The summed E-state index contributed by atoms with van der Waals surface area (Å²) in [6, 6.07) is 0. The molecule has 7 heteroatoms. The molecule has 1 aromatic rings. The van der Waals surface area contributed by atoms with Gasteiger partial charge in [-0.15, -0.1) is 0 Å². The molecule has 3 nitrogen and oxygen atoms in total. The van der Waals surface area contributed by atoms with Gasteiger partial charge in [0.15, 0.2) is 12.0 Å². The van der Waals surface area contributed by atoms with E-state index in [2.05, 4.69) is 9.97 Å². The van der Waals surface area contributed by atoms with Gasteiger partial charge in [-0.1, -0.05) is 11.6 Å². The zero-order chi connectivity index (χ0) is 10.1. The predicted molar refractivity (Wildman–Crippen MR) is 37.4 cm³/mol. The number of aldehydes is 1. The van der Waals surface area contributed by atoms with Crippen molar-refractivity contribution in [1.29, 1.82) is 0 Å². The Bertz CT molecular complexity index is 339. The lowest BCUT2D eigenvalue weighted by Crippen LogP contribution is -2.12. The Labute approximate surface area is 75.6 Å². The Morgan fingerprint density at radius 2 is 2.00 bits per heavy atom. The summed E-state index contributed by atoms with van der Waals surface area (Å²) >= 11 is 5.25. The smallest absolute Gasteiger partial charge is 0.298 e. The van der Waals surface area contributed by atoms with Gasteiger partial charge in [0.1, 0.15) is 11.5 Å².